The van der Waals surface area contributed by atoms with Gasteiger partial charge in [-0.15, -0.1) is 24.0 Å². The van der Waals surface area contributed by atoms with Crippen molar-refractivity contribution in [3.8, 4) is 0 Å². The van der Waals surface area contributed by atoms with E-state index < -0.39 is 0 Å². The molecule has 1 atom stereocenters. The van der Waals surface area contributed by atoms with E-state index in [4.69, 9.17) is 9.47 Å². The van der Waals surface area contributed by atoms with Crippen molar-refractivity contribution in [2.75, 3.05) is 59.6 Å². The summed E-state index contributed by atoms with van der Waals surface area (Å²) in [6.45, 7) is 7.84. The van der Waals surface area contributed by atoms with E-state index in [-0.39, 0.29) is 24.0 Å². The first-order valence-electron chi connectivity index (χ1n) is 9.74. The highest BCUT2D eigenvalue weighted by Gasteiger charge is 2.14. The van der Waals surface area contributed by atoms with E-state index in [0.29, 0.717) is 6.10 Å². The molecule has 0 saturated carbocycles. The maximum absolute atomic E-state index is 5.67. The summed E-state index contributed by atoms with van der Waals surface area (Å²) < 4.78 is 11.2. The van der Waals surface area contributed by atoms with Gasteiger partial charge in [0.25, 0.3) is 0 Å². The fourth-order valence-electron chi connectivity index (χ4n) is 3.28. The number of hydrogen-bond donors (Lipinski definition) is 2. The minimum absolute atomic E-state index is 0. The Morgan fingerprint density at radius 1 is 1.12 bits per heavy atom. The number of hydrogen-bond acceptors (Lipinski definition) is 4. The summed E-state index contributed by atoms with van der Waals surface area (Å²) >= 11 is 0. The van der Waals surface area contributed by atoms with Gasteiger partial charge in [-0.05, 0) is 45.2 Å². The Bertz CT molecular complexity index is 344. The van der Waals surface area contributed by atoms with Crippen LogP contribution in [0.15, 0.2) is 4.99 Å². The van der Waals surface area contributed by atoms with Crippen LogP contribution in [0, 0.1) is 0 Å². The molecule has 0 spiro atoms. The molecule has 0 aromatic rings. The van der Waals surface area contributed by atoms with E-state index in [0.717, 1.165) is 58.3 Å². The molecule has 0 aromatic heterocycles. The van der Waals surface area contributed by atoms with Gasteiger partial charge >= 0.3 is 0 Å². The van der Waals surface area contributed by atoms with Crippen LogP contribution in [0.5, 0.6) is 0 Å². The van der Waals surface area contributed by atoms with Gasteiger partial charge in [-0.1, -0.05) is 12.8 Å². The maximum atomic E-state index is 5.67. The van der Waals surface area contributed by atoms with E-state index in [1.165, 1.54) is 45.2 Å². The van der Waals surface area contributed by atoms with Crippen LogP contribution in [0.2, 0.25) is 0 Å². The van der Waals surface area contributed by atoms with Crippen molar-refractivity contribution < 1.29 is 9.47 Å². The fraction of sp³-hybridized carbons (Fsp3) is 0.944. The number of guanidine groups is 1. The average molecular weight is 468 g/mol. The molecule has 25 heavy (non-hydrogen) atoms. The second-order valence-electron chi connectivity index (χ2n) is 6.75. The summed E-state index contributed by atoms with van der Waals surface area (Å²) in [5.41, 5.74) is 0. The molecule has 2 fully saturated rings. The van der Waals surface area contributed by atoms with Crippen molar-refractivity contribution in [3.05, 3.63) is 0 Å². The van der Waals surface area contributed by atoms with Gasteiger partial charge in [-0.25, -0.2) is 0 Å². The van der Waals surface area contributed by atoms with Crippen LogP contribution in [0.1, 0.15) is 44.9 Å². The molecule has 2 N–H and O–H groups in total. The minimum atomic E-state index is 0. The number of likely N-dealkylation sites (tertiary alicyclic amines) is 1. The Morgan fingerprint density at radius 2 is 1.88 bits per heavy atom. The van der Waals surface area contributed by atoms with Crippen LogP contribution >= 0.6 is 24.0 Å². The number of halogens is 1. The highest BCUT2D eigenvalue weighted by Crippen LogP contribution is 2.11. The SMILES string of the molecule is CN=C(NCCCOCC1CCCO1)NCCN1CCCCCC1.I. The molecular weight excluding hydrogens is 431 g/mol. The molecule has 2 saturated heterocycles. The summed E-state index contributed by atoms with van der Waals surface area (Å²) in [6, 6.07) is 0. The van der Waals surface area contributed by atoms with E-state index in [9.17, 15) is 0 Å². The molecule has 148 valence electrons. The van der Waals surface area contributed by atoms with Crippen molar-refractivity contribution in [2.24, 2.45) is 4.99 Å². The molecule has 7 heteroatoms. The zero-order chi connectivity index (χ0) is 16.9. The zero-order valence-corrected chi connectivity index (χ0v) is 18.1. The molecule has 6 nitrogen and oxygen atoms in total. The Hall–Kier alpha value is -0.120. The molecule has 2 aliphatic rings. The van der Waals surface area contributed by atoms with E-state index in [1.807, 2.05) is 7.05 Å². The molecule has 1 unspecified atom stereocenters. The lowest BCUT2D eigenvalue weighted by molar-refractivity contribution is 0.0168. The lowest BCUT2D eigenvalue weighted by atomic mass is 10.2. The highest BCUT2D eigenvalue weighted by molar-refractivity contribution is 14.0. The maximum Gasteiger partial charge on any atom is 0.191 e. The summed E-state index contributed by atoms with van der Waals surface area (Å²) in [4.78, 5) is 6.85. The molecule has 0 radical (unpaired) electrons. The van der Waals surface area contributed by atoms with Crippen LogP contribution in [0.3, 0.4) is 0 Å². The van der Waals surface area contributed by atoms with Gasteiger partial charge in [0, 0.05) is 39.9 Å². The quantitative estimate of drug-likeness (QED) is 0.235. The molecule has 0 aliphatic carbocycles. The molecule has 2 aliphatic heterocycles. The standard InChI is InChI=1S/C18H36N4O2.HI/c1-19-18(21-10-13-22-11-4-2-3-5-12-22)20-9-7-14-23-16-17-8-6-15-24-17;/h17H,2-16H2,1H3,(H2,19,20,21);1H. The average Bonchev–Trinajstić information content (AvgIpc) is 2.98. The summed E-state index contributed by atoms with van der Waals surface area (Å²) in [5.74, 6) is 0.893. The van der Waals surface area contributed by atoms with Crippen LogP contribution in [0.25, 0.3) is 0 Å². The zero-order valence-electron chi connectivity index (χ0n) is 15.8. The Balaban J connectivity index is 0.00000312. The third-order valence-electron chi connectivity index (χ3n) is 4.73. The minimum Gasteiger partial charge on any atom is -0.379 e. The Kier molecular flexibility index (Phi) is 13.7. The number of nitrogens with one attached hydrogen (secondary N) is 2. The molecule has 2 rings (SSSR count). The second kappa shape index (κ2) is 15.0. The lowest BCUT2D eigenvalue weighted by Gasteiger charge is -2.20. The number of rotatable bonds is 9. The van der Waals surface area contributed by atoms with Gasteiger partial charge in [0.15, 0.2) is 5.96 Å². The Morgan fingerprint density at radius 3 is 2.56 bits per heavy atom. The first kappa shape index (κ1) is 22.9. The third-order valence-corrected chi connectivity index (χ3v) is 4.73. The Labute approximate surface area is 170 Å². The van der Waals surface area contributed by atoms with Crippen LogP contribution in [0.4, 0.5) is 0 Å². The second-order valence-corrected chi connectivity index (χ2v) is 6.75. The normalized spacial score (nSPS) is 22.3. The number of ether oxygens (including phenoxy) is 2. The van der Waals surface area contributed by atoms with E-state index in [2.05, 4.69) is 20.5 Å². The summed E-state index contributed by atoms with van der Waals surface area (Å²) in [6.07, 6.45) is 9.11. The molecule has 0 aromatic carbocycles. The summed E-state index contributed by atoms with van der Waals surface area (Å²) in [7, 11) is 1.83. The van der Waals surface area contributed by atoms with Gasteiger partial charge in [0.1, 0.15) is 0 Å². The van der Waals surface area contributed by atoms with Crippen LogP contribution in [-0.2, 0) is 9.47 Å². The van der Waals surface area contributed by atoms with Gasteiger partial charge in [-0.3, -0.25) is 4.99 Å². The van der Waals surface area contributed by atoms with Crippen molar-refractivity contribution in [1.29, 1.82) is 0 Å². The van der Waals surface area contributed by atoms with E-state index in [1.54, 1.807) is 0 Å². The largest absolute Gasteiger partial charge is 0.379 e. The van der Waals surface area contributed by atoms with Crippen LogP contribution < -0.4 is 10.6 Å². The first-order chi connectivity index (χ1) is 11.9. The number of nitrogens with zero attached hydrogens (tertiary/aromatic N) is 2. The highest BCUT2D eigenvalue weighted by atomic mass is 127. The monoisotopic (exact) mass is 468 g/mol. The van der Waals surface area contributed by atoms with Crippen LogP contribution in [-0.4, -0.2) is 76.6 Å². The van der Waals surface area contributed by atoms with Crippen molar-refractivity contribution >= 4 is 29.9 Å². The fourth-order valence-corrected chi connectivity index (χ4v) is 3.28. The summed E-state index contributed by atoms with van der Waals surface area (Å²) in [5, 5.41) is 6.77. The molecular formula is C18H37IN4O2. The van der Waals surface area contributed by atoms with Gasteiger partial charge in [0.2, 0.25) is 0 Å². The smallest absolute Gasteiger partial charge is 0.191 e. The van der Waals surface area contributed by atoms with Gasteiger partial charge < -0.3 is 25.0 Å². The molecule has 2 heterocycles. The first-order valence-corrected chi connectivity index (χ1v) is 9.74. The predicted molar refractivity (Wildman–Crippen MR) is 114 cm³/mol. The lowest BCUT2D eigenvalue weighted by Crippen LogP contribution is -2.42. The van der Waals surface area contributed by atoms with Crippen molar-refractivity contribution in [3.63, 3.8) is 0 Å². The third kappa shape index (κ3) is 10.6. The predicted octanol–water partition coefficient (Wildman–Crippen LogP) is 2.23. The topological polar surface area (TPSA) is 58.1 Å². The molecule has 0 bridgehead atoms. The van der Waals surface area contributed by atoms with E-state index >= 15 is 0 Å². The van der Waals surface area contributed by atoms with Gasteiger partial charge in [0.05, 0.1) is 12.7 Å². The molecule has 0 amide bonds. The van der Waals surface area contributed by atoms with Gasteiger partial charge in [-0.2, -0.15) is 0 Å². The van der Waals surface area contributed by atoms with Crippen molar-refractivity contribution in [2.45, 2.75) is 51.0 Å². The van der Waals surface area contributed by atoms with Crippen molar-refractivity contribution in [1.82, 2.24) is 15.5 Å². The number of aliphatic imine (C=N–C) groups is 1.